The summed E-state index contributed by atoms with van der Waals surface area (Å²) in [5.74, 6) is -1.04. The quantitative estimate of drug-likeness (QED) is 0.876. The summed E-state index contributed by atoms with van der Waals surface area (Å²) in [6, 6.07) is 11.4. The van der Waals surface area contributed by atoms with Gasteiger partial charge in [-0.15, -0.1) is 5.10 Å². The van der Waals surface area contributed by atoms with E-state index in [1.165, 1.54) is 22.3 Å². The van der Waals surface area contributed by atoms with Crippen LogP contribution in [0.25, 0.3) is 0 Å². The predicted octanol–water partition coefficient (Wildman–Crippen LogP) is 2.05. The highest BCUT2D eigenvalue weighted by atomic mass is 32.2. The zero-order valence-corrected chi connectivity index (χ0v) is 14.0. The van der Waals surface area contributed by atoms with Gasteiger partial charge >= 0.3 is 5.97 Å². The molecule has 24 heavy (non-hydrogen) atoms. The molecule has 0 atom stereocenters. The monoisotopic (exact) mass is 363 g/mol. The van der Waals surface area contributed by atoms with Crippen molar-refractivity contribution >= 4 is 38.5 Å². The second-order valence-electron chi connectivity index (χ2n) is 4.91. The molecule has 1 aromatic heterocycles. The summed E-state index contributed by atoms with van der Waals surface area (Å²) >= 11 is 1.08. The molecule has 0 spiro atoms. The smallest absolute Gasteiger partial charge is 0.313 e. The van der Waals surface area contributed by atoms with Gasteiger partial charge in [-0.05, 0) is 24.3 Å². The molecule has 2 heterocycles. The van der Waals surface area contributed by atoms with Gasteiger partial charge in [0.15, 0.2) is 0 Å². The molecular weight excluding hydrogens is 350 g/mol. The van der Waals surface area contributed by atoms with Crippen LogP contribution < -0.4 is 0 Å². The van der Waals surface area contributed by atoms with Crippen molar-refractivity contribution < 1.29 is 18.3 Å². The van der Waals surface area contributed by atoms with E-state index < -0.39 is 16.0 Å². The number of aromatic nitrogens is 1. The van der Waals surface area contributed by atoms with E-state index >= 15 is 0 Å². The Morgan fingerprint density at radius 3 is 2.62 bits per heavy atom. The Labute approximate surface area is 142 Å². The van der Waals surface area contributed by atoms with E-state index in [1.807, 2.05) is 0 Å². The Morgan fingerprint density at radius 2 is 1.92 bits per heavy atom. The zero-order valence-electron chi connectivity index (χ0n) is 12.4. The first kappa shape index (κ1) is 16.5. The molecule has 0 radical (unpaired) electrons. The Kier molecular flexibility index (Phi) is 4.54. The third kappa shape index (κ3) is 3.26. The molecule has 0 bridgehead atoms. The maximum absolute atomic E-state index is 12.8. The summed E-state index contributed by atoms with van der Waals surface area (Å²) < 4.78 is 26.7. The molecule has 1 aromatic carbocycles. The van der Waals surface area contributed by atoms with Gasteiger partial charge in [-0.3, -0.25) is 4.79 Å². The minimum atomic E-state index is -3.72. The fraction of sp³-hybridized carbons (Fsp3) is 0.133. The fourth-order valence-corrected chi connectivity index (χ4v) is 4.21. The summed E-state index contributed by atoms with van der Waals surface area (Å²) in [6.07, 6.45) is 1.77. The van der Waals surface area contributed by atoms with Crippen LogP contribution in [0.5, 0.6) is 0 Å². The van der Waals surface area contributed by atoms with Gasteiger partial charge in [0, 0.05) is 12.6 Å². The van der Waals surface area contributed by atoms with Crippen LogP contribution >= 0.6 is 11.8 Å². The van der Waals surface area contributed by atoms with Crippen LogP contribution in [0.3, 0.4) is 0 Å². The van der Waals surface area contributed by atoms with E-state index in [4.69, 9.17) is 5.11 Å². The van der Waals surface area contributed by atoms with Crippen molar-refractivity contribution in [2.24, 2.45) is 10.2 Å². The summed E-state index contributed by atoms with van der Waals surface area (Å²) in [7, 11) is -3.72. The Morgan fingerprint density at radius 1 is 1.17 bits per heavy atom. The maximum Gasteiger partial charge on any atom is 0.313 e. The second kappa shape index (κ2) is 6.62. The van der Waals surface area contributed by atoms with Crippen LogP contribution in [-0.2, 0) is 14.8 Å². The molecule has 0 unspecified atom stereocenters. The number of hydrogen-bond acceptors (Lipinski definition) is 6. The van der Waals surface area contributed by atoms with Crippen LogP contribution in [0.2, 0.25) is 0 Å². The van der Waals surface area contributed by atoms with Crippen LogP contribution in [0.4, 0.5) is 0 Å². The van der Waals surface area contributed by atoms with Crippen molar-refractivity contribution in [2.75, 3.05) is 5.75 Å². The number of aliphatic carboxylic acids is 1. The third-order valence-electron chi connectivity index (χ3n) is 3.27. The minimum Gasteiger partial charge on any atom is -0.481 e. The molecule has 3 rings (SSSR count). The van der Waals surface area contributed by atoms with Gasteiger partial charge in [-0.2, -0.15) is 5.10 Å². The molecule has 0 amide bonds. The van der Waals surface area contributed by atoms with Gasteiger partial charge in [0.25, 0.3) is 10.0 Å². The first-order chi connectivity index (χ1) is 11.5. The van der Waals surface area contributed by atoms with E-state index in [-0.39, 0.29) is 10.6 Å². The van der Waals surface area contributed by atoms with Gasteiger partial charge in [0.2, 0.25) is 0 Å². The number of hydrogen-bond donors (Lipinski definition) is 1. The lowest BCUT2D eigenvalue weighted by Gasteiger charge is -2.10. The first-order valence-electron chi connectivity index (χ1n) is 6.95. The minimum absolute atomic E-state index is 0.106. The molecule has 0 saturated heterocycles. The maximum atomic E-state index is 12.8. The molecule has 2 aromatic rings. The average Bonchev–Trinajstić information content (AvgIpc) is 3.23. The van der Waals surface area contributed by atoms with Crippen molar-refractivity contribution in [1.29, 1.82) is 0 Å². The molecule has 9 heteroatoms. The standard InChI is InChI=1S/C15H13N3O4S2/c19-15(20)10-23-14-9-12(16-17-14)13-7-4-8-18(13)24(21,22)11-5-2-1-3-6-11/h1-8H,9-10H2,(H,19,20). The topological polar surface area (TPSA) is 101 Å². The summed E-state index contributed by atoms with van der Waals surface area (Å²) in [5, 5.41) is 17.2. The van der Waals surface area contributed by atoms with Crippen LogP contribution in [0.15, 0.2) is 63.8 Å². The lowest BCUT2D eigenvalue weighted by atomic mass is 10.2. The molecule has 1 aliphatic rings. The summed E-state index contributed by atoms with van der Waals surface area (Å²) in [5.41, 5.74) is 0.918. The van der Waals surface area contributed by atoms with Crippen LogP contribution in [0, 0.1) is 0 Å². The predicted molar refractivity (Wildman–Crippen MR) is 92.1 cm³/mol. The van der Waals surface area contributed by atoms with Crippen molar-refractivity contribution in [2.45, 2.75) is 11.3 Å². The second-order valence-corrected chi connectivity index (χ2v) is 7.77. The van der Waals surface area contributed by atoms with Gasteiger partial charge in [-0.1, -0.05) is 30.0 Å². The lowest BCUT2D eigenvalue weighted by molar-refractivity contribution is -0.133. The number of thioether (sulfide) groups is 1. The van der Waals surface area contributed by atoms with Crippen molar-refractivity contribution in [3.8, 4) is 0 Å². The normalized spacial score (nSPS) is 14.3. The number of carboxylic acid groups (broad SMARTS) is 1. The highest BCUT2D eigenvalue weighted by Gasteiger charge is 2.24. The van der Waals surface area contributed by atoms with E-state index in [1.54, 1.807) is 30.3 Å². The Balaban J connectivity index is 1.84. The molecule has 0 saturated carbocycles. The zero-order chi connectivity index (χ0) is 17.2. The molecular formula is C15H13N3O4S2. The van der Waals surface area contributed by atoms with Crippen LogP contribution in [-0.4, -0.2) is 40.0 Å². The lowest BCUT2D eigenvalue weighted by Crippen LogP contribution is -2.18. The number of carboxylic acids is 1. The Bertz CT molecular complexity index is 931. The SMILES string of the molecule is O=C(O)CSC1=NN=C(c2cccn2S(=O)(=O)c2ccccc2)C1. The van der Waals surface area contributed by atoms with Crippen molar-refractivity contribution in [1.82, 2.24) is 3.97 Å². The third-order valence-corrected chi connectivity index (χ3v) is 5.93. The van der Waals surface area contributed by atoms with Crippen LogP contribution in [0.1, 0.15) is 12.1 Å². The van der Waals surface area contributed by atoms with Crippen molar-refractivity contribution in [3.63, 3.8) is 0 Å². The number of benzene rings is 1. The fourth-order valence-electron chi connectivity index (χ4n) is 2.20. The summed E-state index contributed by atoms with van der Waals surface area (Å²) in [4.78, 5) is 10.8. The van der Waals surface area contributed by atoms with Gasteiger partial charge in [-0.25, -0.2) is 12.4 Å². The van der Waals surface area contributed by atoms with E-state index in [2.05, 4.69) is 10.2 Å². The molecule has 7 nitrogen and oxygen atoms in total. The highest BCUT2D eigenvalue weighted by molar-refractivity contribution is 8.14. The molecule has 1 N–H and O–H groups in total. The van der Waals surface area contributed by atoms with Crippen molar-refractivity contribution in [3.05, 3.63) is 54.4 Å². The number of carbonyl (C=O) groups is 1. The number of nitrogens with zero attached hydrogens (tertiary/aromatic N) is 3. The molecule has 0 aliphatic carbocycles. The van der Waals surface area contributed by atoms with E-state index in [9.17, 15) is 13.2 Å². The van der Waals surface area contributed by atoms with E-state index in [0.717, 1.165) is 11.8 Å². The van der Waals surface area contributed by atoms with Gasteiger partial charge in [0.1, 0.15) is 5.04 Å². The first-order valence-corrected chi connectivity index (χ1v) is 9.37. The molecule has 124 valence electrons. The highest BCUT2D eigenvalue weighted by Crippen LogP contribution is 2.22. The Hall–Kier alpha value is -2.39. The average molecular weight is 363 g/mol. The molecule has 1 aliphatic heterocycles. The van der Waals surface area contributed by atoms with Gasteiger partial charge < -0.3 is 5.11 Å². The largest absolute Gasteiger partial charge is 0.481 e. The molecule has 0 fully saturated rings. The van der Waals surface area contributed by atoms with Gasteiger partial charge in [0.05, 0.1) is 22.1 Å². The summed E-state index contributed by atoms with van der Waals surface area (Å²) in [6.45, 7) is 0. The number of rotatable bonds is 5. The van der Waals surface area contributed by atoms with E-state index in [0.29, 0.717) is 22.9 Å².